The van der Waals surface area contributed by atoms with Crippen LogP contribution in [-0.4, -0.2) is 17.9 Å². The smallest absolute Gasteiger partial charge is 0.130 e. The molecule has 0 aromatic heterocycles. The Kier molecular flexibility index (Phi) is 5.30. The van der Waals surface area contributed by atoms with Gasteiger partial charge in [-0.1, -0.05) is 6.92 Å². The van der Waals surface area contributed by atoms with Crippen LogP contribution in [0.25, 0.3) is 0 Å². The molecule has 0 radical (unpaired) electrons. The maximum absolute atomic E-state index is 11.0. The summed E-state index contributed by atoms with van der Waals surface area (Å²) < 4.78 is 0. The minimum Gasteiger partial charge on any atom is -0.312 e. The predicted molar refractivity (Wildman–Crippen MR) is 66.0 cm³/mol. The molecule has 0 amide bonds. The van der Waals surface area contributed by atoms with Crippen LogP contribution < -0.4 is 5.32 Å². The number of ketones is 1. The Labute approximate surface area is 95.3 Å². The van der Waals surface area contributed by atoms with Gasteiger partial charge >= 0.3 is 0 Å². The molecule has 1 saturated carbocycles. The molecule has 1 fully saturated rings. The maximum Gasteiger partial charge on any atom is 0.130 e. The molecular formula is C13H27NO. The van der Waals surface area contributed by atoms with Crippen molar-refractivity contribution in [2.24, 2.45) is 5.92 Å². The number of hydrogen-bond donors (Lipinski definition) is 1. The molecule has 0 spiro atoms. The van der Waals surface area contributed by atoms with Gasteiger partial charge in [0.15, 0.2) is 0 Å². The average molecular weight is 213 g/mol. The summed E-state index contributed by atoms with van der Waals surface area (Å²) in [6.07, 6.45) is 6.97. The van der Waals surface area contributed by atoms with E-state index in [0.29, 0.717) is 23.8 Å². The van der Waals surface area contributed by atoms with E-state index >= 15 is 0 Å². The van der Waals surface area contributed by atoms with Gasteiger partial charge in [0.25, 0.3) is 0 Å². The van der Waals surface area contributed by atoms with E-state index in [4.69, 9.17) is 0 Å². The van der Waals surface area contributed by atoms with E-state index in [2.05, 4.69) is 19.2 Å². The van der Waals surface area contributed by atoms with Crippen molar-refractivity contribution in [2.45, 2.75) is 71.4 Å². The largest absolute Gasteiger partial charge is 0.312 e. The minimum absolute atomic E-state index is 0. The van der Waals surface area contributed by atoms with Crippen LogP contribution in [0.15, 0.2) is 0 Å². The Balaban J connectivity index is 0.00000225. The number of Topliss-reactive ketones (excluding diaryl/α,β-unsaturated/α-hetero) is 1. The van der Waals surface area contributed by atoms with Crippen molar-refractivity contribution in [1.29, 1.82) is 0 Å². The van der Waals surface area contributed by atoms with Crippen molar-refractivity contribution in [3.8, 4) is 0 Å². The molecule has 0 saturated heterocycles. The van der Waals surface area contributed by atoms with Crippen molar-refractivity contribution in [3.63, 3.8) is 0 Å². The Morgan fingerprint density at radius 1 is 1.40 bits per heavy atom. The first kappa shape index (κ1) is 12.7. The van der Waals surface area contributed by atoms with Crippen LogP contribution in [0.3, 0.4) is 0 Å². The minimum atomic E-state index is 0. The molecule has 1 atom stereocenters. The van der Waals surface area contributed by atoms with Gasteiger partial charge in [-0.05, 0) is 51.9 Å². The average Bonchev–Trinajstić information content (AvgIpc) is 2.20. The first-order valence-electron chi connectivity index (χ1n) is 6.37. The van der Waals surface area contributed by atoms with Crippen molar-refractivity contribution < 1.29 is 6.22 Å². The summed E-state index contributed by atoms with van der Waals surface area (Å²) in [6, 6.07) is 1.34. The third kappa shape index (κ3) is 4.78. The summed E-state index contributed by atoms with van der Waals surface area (Å²) in [4.78, 5) is 11.0. The molecule has 0 aliphatic heterocycles. The quantitative estimate of drug-likeness (QED) is 0.760. The van der Waals surface area contributed by atoms with E-state index in [1.807, 2.05) is 0 Å². The van der Waals surface area contributed by atoms with Crippen LogP contribution in [0, 0.1) is 5.92 Å². The summed E-state index contributed by atoms with van der Waals surface area (Å²) in [7, 11) is 0. The van der Waals surface area contributed by atoms with Gasteiger partial charge in [0.1, 0.15) is 5.78 Å². The fourth-order valence-corrected chi connectivity index (χ4v) is 2.46. The van der Waals surface area contributed by atoms with Crippen LogP contribution in [0.5, 0.6) is 0 Å². The molecule has 1 aliphatic carbocycles. The molecule has 15 heavy (non-hydrogen) atoms. The summed E-state index contributed by atoms with van der Waals surface area (Å²) in [6.45, 7) is 6.18. The highest BCUT2D eigenvalue weighted by Gasteiger charge is 2.22. The molecule has 2 heteroatoms. The van der Waals surface area contributed by atoms with Crippen LogP contribution in [0.4, 0.5) is 0 Å². The van der Waals surface area contributed by atoms with Gasteiger partial charge in [-0.25, -0.2) is 0 Å². The fourth-order valence-electron chi connectivity index (χ4n) is 2.46. The molecule has 2 nitrogen and oxygen atoms in total. The number of rotatable bonds is 5. The molecule has 1 rings (SSSR count). The second-order valence-corrected chi connectivity index (χ2v) is 5.10. The molecule has 0 aromatic rings. The van der Waals surface area contributed by atoms with E-state index in [-0.39, 0.29) is 1.43 Å². The SMILES string of the molecule is CCC(C)NC1CCC(CC(C)=O)CC1.[HH]. The second-order valence-electron chi connectivity index (χ2n) is 5.10. The van der Waals surface area contributed by atoms with E-state index < -0.39 is 0 Å². The lowest BCUT2D eigenvalue weighted by atomic mass is 9.83. The Morgan fingerprint density at radius 3 is 2.47 bits per heavy atom. The van der Waals surface area contributed by atoms with Crippen LogP contribution >= 0.6 is 0 Å². The number of carbonyl (C=O) groups is 1. The van der Waals surface area contributed by atoms with Gasteiger partial charge in [0.2, 0.25) is 0 Å². The number of nitrogens with one attached hydrogen (secondary N) is 1. The molecule has 1 N–H and O–H groups in total. The number of hydrogen-bond acceptors (Lipinski definition) is 2. The first-order chi connectivity index (χ1) is 7.11. The summed E-state index contributed by atoms with van der Waals surface area (Å²) in [5.74, 6) is 1.02. The highest BCUT2D eigenvalue weighted by atomic mass is 16.1. The molecule has 0 heterocycles. The van der Waals surface area contributed by atoms with Gasteiger partial charge in [0.05, 0.1) is 0 Å². The lowest BCUT2D eigenvalue weighted by Gasteiger charge is -2.30. The van der Waals surface area contributed by atoms with Gasteiger partial charge in [-0.15, -0.1) is 0 Å². The predicted octanol–water partition coefficient (Wildman–Crippen LogP) is 3.16. The molecule has 0 aromatic carbocycles. The van der Waals surface area contributed by atoms with Crippen molar-refractivity contribution in [3.05, 3.63) is 0 Å². The van der Waals surface area contributed by atoms with Crippen molar-refractivity contribution in [2.75, 3.05) is 0 Å². The van der Waals surface area contributed by atoms with Crippen LogP contribution in [-0.2, 0) is 4.79 Å². The van der Waals surface area contributed by atoms with Gasteiger partial charge in [-0.2, -0.15) is 0 Å². The van der Waals surface area contributed by atoms with Crippen LogP contribution in [0.2, 0.25) is 0 Å². The lowest BCUT2D eigenvalue weighted by molar-refractivity contribution is -0.118. The monoisotopic (exact) mass is 213 g/mol. The third-order valence-electron chi connectivity index (χ3n) is 3.56. The van der Waals surface area contributed by atoms with Gasteiger partial charge in [-0.3, -0.25) is 0 Å². The maximum atomic E-state index is 11.0. The van der Waals surface area contributed by atoms with E-state index in [1.165, 1.54) is 32.1 Å². The van der Waals surface area contributed by atoms with Crippen molar-refractivity contribution in [1.82, 2.24) is 5.32 Å². The zero-order valence-electron chi connectivity index (χ0n) is 10.4. The normalized spacial score (nSPS) is 28.7. The Morgan fingerprint density at radius 2 is 2.00 bits per heavy atom. The van der Waals surface area contributed by atoms with Crippen molar-refractivity contribution >= 4 is 5.78 Å². The highest BCUT2D eigenvalue weighted by Crippen LogP contribution is 2.27. The summed E-state index contributed by atoms with van der Waals surface area (Å²) >= 11 is 0. The number of carbonyl (C=O) groups excluding carboxylic acids is 1. The highest BCUT2D eigenvalue weighted by molar-refractivity contribution is 5.75. The fraction of sp³-hybridized carbons (Fsp3) is 0.923. The lowest BCUT2D eigenvalue weighted by Crippen LogP contribution is -2.38. The molecule has 1 unspecified atom stereocenters. The standard InChI is InChI=1S/C13H25NO.H2/c1-4-10(2)14-13-7-5-12(6-8-13)9-11(3)15;/h10,12-14H,4-9H2,1-3H3;1H. The molecule has 0 bridgehead atoms. The Bertz CT molecular complexity index is 200. The molecule has 1 aliphatic rings. The zero-order valence-corrected chi connectivity index (χ0v) is 10.4. The van der Waals surface area contributed by atoms with E-state index in [9.17, 15) is 4.79 Å². The van der Waals surface area contributed by atoms with E-state index in [1.54, 1.807) is 6.92 Å². The topological polar surface area (TPSA) is 29.1 Å². The summed E-state index contributed by atoms with van der Waals surface area (Å²) in [5, 5.41) is 3.66. The van der Waals surface area contributed by atoms with E-state index in [0.717, 1.165) is 6.42 Å². The van der Waals surface area contributed by atoms with Crippen LogP contribution in [0.1, 0.15) is 60.7 Å². The second kappa shape index (κ2) is 6.26. The third-order valence-corrected chi connectivity index (χ3v) is 3.56. The van der Waals surface area contributed by atoms with Gasteiger partial charge < -0.3 is 10.1 Å². The molecule has 90 valence electrons. The Hall–Kier alpha value is -0.370. The molecular weight excluding hydrogens is 186 g/mol. The first-order valence-corrected chi connectivity index (χ1v) is 6.37. The zero-order chi connectivity index (χ0) is 11.3. The van der Waals surface area contributed by atoms with Gasteiger partial charge in [0, 0.05) is 19.9 Å². The summed E-state index contributed by atoms with van der Waals surface area (Å²) in [5.41, 5.74) is 0.